The van der Waals surface area contributed by atoms with Crippen molar-refractivity contribution in [3.05, 3.63) is 28.8 Å². The molecule has 0 heterocycles. The maximum Gasteiger partial charge on any atom is 0.122 e. The molecular formula is C17H26ClNO. The van der Waals surface area contributed by atoms with Crippen LogP contribution in [0.2, 0.25) is 5.02 Å². The molecule has 20 heavy (non-hydrogen) atoms. The van der Waals surface area contributed by atoms with Gasteiger partial charge in [-0.05, 0) is 58.0 Å². The molecular weight excluding hydrogens is 270 g/mol. The summed E-state index contributed by atoms with van der Waals surface area (Å²) in [6.07, 6.45) is 5.38. The summed E-state index contributed by atoms with van der Waals surface area (Å²) >= 11 is 6.24. The minimum absolute atomic E-state index is 0.521. The first kappa shape index (κ1) is 15.7. The molecule has 1 fully saturated rings. The number of rotatable bonds is 6. The number of likely N-dealkylation sites (N-methyl/N-ethyl adjacent to an activating group) is 1. The van der Waals surface area contributed by atoms with Crippen molar-refractivity contribution in [2.24, 2.45) is 5.92 Å². The largest absolute Gasteiger partial charge is 0.494 e. The third kappa shape index (κ3) is 3.89. The lowest BCUT2D eigenvalue weighted by atomic mass is 9.84. The maximum absolute atomic E-state index is 6.24. The fraction of sp³-hybridized carbons (Fsp3) is 0.647. The molecule has 2 rings (SSSR count). The summed E-state index contributed by atoms with van der Waals surface area (Å²) in [7, 11) is 4.29. The molecule has 0 N–H and O–H groups in total. The van der Waals surface area contributed by atoms with E-state index in [0.29, 0.717) is 12.5 Å². The highest BCUT2D eigenvalue weighted by atomic mass is 35.5. The van der Waals surface area contributed by atoms with Crippen molar-refractivity contribution in [1.82, 2.24) is 4.90 Å². The van der Waals surface area contributed by atoms with Gasteiger partial charge < -0.3 is 9.64 Å². The van der Waals surface area contributed by atoms with E-state index in [4.69, 9.17) is 16.3 Å². The van der Waals surface area contributed by atoms with E-state index in [1.807, 2.05) is 19.1 Å². The van der Waals surface area contributed by atoms with Gasteiger partial charge in [-0.25, -0.2) is 0 Å². The molecule has 0 radical (unpaired) electrons. The number of ether oxygens (including phenoxy) is 1. The van der Waals surface area contributed by atoms with Crippen LogP contribution in [0.3, 0.4) is 0 Å². The highest BCUT2D eigenvalue weighted by Gasteiger charge is 2.29. The van der Waals surface area contributed by atoms with Gasteiger partial charge in [-0.3, -0.25) is 0 Å². The van der Waals surface area contributed by atoms with Gasteiger partial charge in [-0.1, -0.05) is 24.4 Å². The van der Waals surface area contributed by atoms with E-state index in [0.717, 1.165) is 23.2 Å². The number of benzene rings is 1. The third-order valence-electron chi connectivity index (χ3n) is 4.20. The van der Waals surface area contributed by atoms with Crippen LogP contribution in [0.25, 0.3) is 0 Å². The smallest absolute Gasteiger partial charge is 0.122 e. The molecule has 2 nitrogen and oxygen atoms in total. The van der Waals surface area contributed by atoms with Gasteiger partial charge in [0, 0.05) is 23.0 Å². The van der Waals surface area contributed by atoms with Crippen molar-refractivity contribution in [3.8, 4) is 5.75 Å². The van der Waals surface area contributed by atoms with E-state index >= 15 is 0 Å². The molecule has 3 heteroatoms. The van der Waals surface area contributed by atoms with Crippen molar-refractivity contribution < 1.29 is 4.74 Å². The summed E-state index contributed by atoms with van der Waals surface area (Å²) in [5.74, 6) is 2.29. The second-order valence-electron chi connectivity index (χ2n) is 6.03. The van der Waals surface area contributed by atoms with E-state index in [2.05, 4.69) is 25.1 Å². The summed E-state index contributed by atoms with van der Waals surface area (Å²) in [4.78, 5) is 2.28. The first-order valence-corrected chi connectivity index (χ1v) is 8.06. The Hall–Kier alpha value is -0.730. The molecule has 0 aromatic heterocycles. The predicted octanol–water partition coefficient (Wildman–Crippen LogP) is 4.57. The molecule has 0 spiro atoms. The van der Waals surface area contributed by atoms with Crippen molar-refractivity contribution in [1.29, 1.82) is 0 Å². The predicted molar refractivity (Wildman–Crippen MR) is 85.9 cm³/mol. The SMILES string of the molecule is CCOc1ccc(Cl)cc1C(CN(C)C)C1CCCC1. The van der Waals surface area contributed by atoms with Crippen LogP contribution in [0, 0.1) is 5.92 Å². The minimum Gasteiger partial charge on any atom is -0.494 e. The molecule has 1 aromatic rings. The monoisotopic (exact) mass is 295 g/mol. The quantitative estimate of drug-likeness (QED) is 0.762. The summed E-state index contributed by atoms with van der Waals surface area (Å²) in [5.41, 5.74) is 1.29. The molecule has 0 saturated heterocycles. The molecule has 1 aliphatic carbocycles. The van der Waals surface area contributed by atoms with Gasteiger partial charge in [0.1, 0.15) is 5.75 Å². The molecule has 1 unspecified atom stereocenters. The summed E-state index contributed by atoms with van der Waals surface area (Å²) < 4.78 is 5.84. The Morgan fingerprint density at radius 1 is 1.30 bits per heavy atom. The van der Waals surface area contributed by atoms with E-state index in [1.54, 1.807) is 0 Å². The first-order chi connectivity index (χ1) is 9.61. The molecule has 0 bridgehead atoms. The summed E-state index contributed by atoms with van der Waals surface area (Å²) in [6, 6.07) is 6.06. The van der Waals surface area contributed by atoms with Gasteiger partial charge in [0.05, 0.1) is 6.61 Å². The van der Waals surface area contributed by atoms with E-state index < -0.39 is 0 Å². The van der Waals surface area contributed by atoms with Gasteiger partial charge in [0.2, 0.25) is 0 Å². The van der Waals surface area contributed by atoms with Crippen LogP contribution in [0.4, 0.5) is 0 Å². The van der Waals surface area contributed by atoms with Gasteiger partial charge >= 0.3 is 0 Å². The number of halogens is 1. The van der Waals surface area contributed by atoms with Crippen LogP contribution in [-0.2, 0) is 0 Å². The highest BCUT2D eigenvalue weighted by molar-refractivity contribution is 6.30. The zero-order valence-corrected chi connectivity index (χ0v) is 13.6. The topological polar surface area (TPSA) is 12.5 Å². The molecule has 1 aliphatic rings. The second kappa shape index (κ2) is 7.33. The van der Waals surface area contributed by atoms with Crippen LogP contribution >= 0.6 is 11.6 Å². The molecule has 1 saturated carbocycles. The second-order valence-corrected chi connectivity index (χ2v) is 6.46. The Balaban J connectivity index is 2.32. The van der Waals surface area contributed by atoms with Gasteiger partial charge in [0.15, 0.2) is 0 Å². The van der Waals surface area contributed by atoms with Crippen molar-refractivity contribution in [2.45, 2.75) is 38.5 Å². The Labute approximate surface area is 128 Å². The number of nitrogens with zero attached hydrogens (tertiary/aromatic N) is 1. The zero-order chi connectivity index (χ0) is 14.5. The van der Waals surface area contributed by atoms with Gasteiger partial charge in [0.25, 0.3) is 0 Å². The fourth-order valence-electron chi connectivity index (χ4n) is 3.35. The summed E-state index contributed by atoms with van der Waals surface area (Å²) in [6.45, 7) is 3.80. The van der Waals surface area contributed by atoms with Crippen LogP contribution < -0.4 is 4.74 Å². The van der Waals surface area contributed by atoms with Crippen LogP contribution in [0.15, 0.2) is 18.2 Å². The Kier molecular flexibility index (Phi) is 5.74. The van der Waals surface area contributed by atoms with Crippen LogP contribution in [0.1, 0.15) is 44.1 Å². The van der Waals surface area contributed by atoms with E-state index in [1.165, 1.54) is 31.2 Å². The van der Waals surface area contributed by atoms with Gasteiger partial charge in [-0.15, -0.1) is 0 Å². The Morgan fingerprint density at radius 2 is 2.00 bits per heavy atom. The number of hydrogen-bond acceptors (Lipinski definition) is 2. The molecule has 0 amide bonds. The third-order valence-corrected chi connectivity index (χ3v) is 4.44. The molecule has 0 aliphatic heterocycles. The lowest BCUT2D eigenvalue weighted by Gasteiger charge is -2.28. The van der Waals surface area contributed by atoms with Crippen molar-refractivity contribution in [2.75, 3.05) is 27.2 Å². The average molecular weight is 296 g/mol. The summed E-state index contributed by atoms with van der Waals surface area (Å²) in [5, 5.41) is 0.810. The normalized spacial score (nSPS) is 17.6. The number of hydrogen-bond donors (Lipinski definition) is 0. The average Bonchev–Trinajstić information content (AvgIpc) is 2.92. The Morgan fingerprint density at radius 3 is 2.60 bits per heavy atom. The van der Waals surface area contributed by atoms with Crippen molar-refractivity contribution >= 4 is 11.6 Å². The van der Waals surface area contributed by atoms with Crippen LogP contribution in [0.5, 0.6) is 5.75 Å². The van der Waals surface area contributed by atoms with Crippen LogP contribution in [-0.4, -0.2) is 32.1 Å². The minimum atomic E-state index is 0.521. The fourth-order valence-corrected chi connectivity index (χ4v) is 3.53. The Bertz CT molecular complexity index is 427. The molecule has 112 valence electrons. The maximum atomic E-state index is 6.24. The molecule has 1 atom stereocenters. The first-order valence-electron chi connectivity index (χ1n) is 7.68. The van der Waals surface area contributed by atoms with E-state index in [-0.39, 0.29) is 0 Å². The zero-order valence-electron chi connectivity index (χ0n) is 12.9. The molecule has 1 aromatic carbocycles. The van der Waals surface area contributed by atoms with E-state index in [9.17, 15) is 0 Å². The standard InChI is InChI=1S/C17H26ClNO/c1-4-20-17-10-9-14(18)11-15(17)16(12-19(2)3)13-7-5-6-8-13/h9-11,13,16H,4-8,12H2,1-3H3. The lowest BCUT2D eigenvalue weighted by Crippen LogP contribution is -2.25. The highest BCUT2D eigenvalue weighted by Crippen LogP contribution is 2.41. The van der Waals surface area contributed by atoms with Gasteiger partial charge in [-0.2, -0.15) is 0 Å². The van der Waals surface area contributed by atoms with Crippen molar-refractivity contribution in [3.63, 3.8) is 0 Å². The lowest BCUT2D eigenvalue weighted by molar-refractivity contribution is 0.291.